The number of methoxy groups -OCH3 is 1. The summed E-state index contributed by atoms with van der Waals surface area (Å²) in [5.41, 5.74) is 3.95. The molecule has 1 aromatic carbocycles. The van der Waals surface area contributed by atoms with Crippen LogP contribution in [0.15, 0.2) is 18.2 Å². The number of aryl methyl sites for hydroxylation is 1. The Morgan fingerprint density at radius 2 is 2.40 bits per heavy atom. The Morgan fingerprint density at radius 1 is 1.55 bits per heavy atom. The number of terminal acetylenes is 1. The van der Waals surface area contributed by atoms with Gasteiger partial charge in [-0.2, -0.15) is 0 Å². The lowest BCUT2D eigenvalue weighted by Gasteiger charge is -2.13. The van der Waals surface area contributed by atoms with E-state index in [1.54, 1.807) is 0 Å². The summed E-state index contributed by atoms with van der Waals surface area (Å²) >= 11 is 0. The predicted molar refractivity (Wildman–Crippen MR) is 78.5 cm³/mol. The van der Waals surface area contributed by atoms with Crippen LogP contribution in [0.1, 0.15) is 29.2 Å². The molecule has 0 heterocycles. The Labute approximate surface area is 119 Å². The van der Waals surface area contributed by atoms with Crippen molar-refractivity contribution in [3.63, 3.8) is 0 Å². The number of hydrogen-bond acceptors (Lipinski definition) is 3. The molecule has 4 heteroatoms. The van der Waals surface area contributed by atoms with Crippen LogP contribution in [0.25, 0.3) is 0 Å². The van der Waals surface area contributed by atoms with E-state index in [0.29, 0.717) is 19.1 Å². The molecule has 0 aliphatic heterocycles. The summed E-state index contributed by atoms with van der Waals surface area (Å²) in [5, 5.41) is 6.06. The van der Waals surface area contributed by atoms with E-state index >= 15 is 0 Å². The fourth-order valence-corrected chi connectivity index (χ4v) is 2.58. The second-order valence-corrected chi connectivity index (χ2v) is 4.88. The molecular formula is C16H20N2O2. The molecule has 0 saturated carbocycles. The third-order valence-corrected chi connectivity index (χ3v) is 3.61. The van der Waals surface area contributed by atoms with E-state index < -0.39 is 0 Å². The van der Waals surface area contributed by atoms with Crippen LogP contribution in [0.2, 0.25) is 0 Å². The molecule has 0 unspecified atom stereocenters. The van der Waals surface area contributed by atoms with Crippen LogP contribution in [0.3, 0.4) is 0 Å². The first-order chi connectivity index (χ1) is 9.74. The highest BCUT2D eigenvalue weighted by molar-refractivity contribution is 5.66. The van der Waals surface area contributed by atoms with E-state index in [1.807, 2.05) is 0 Å². The molecular weight excluding hydrogens is 252 g/mol. The molecule has 4 nitrogen and oxygen atoms in total. The number of alkyl carbamates (subject to hydrolysis) is 1. The molecule has 1 aromatic rings. The number of fused-ring (bicyclic) bond motifs is 1. The summed E-state index contributed by atoms with van der Waals surface area (Å²) in [5.74, 6) is 2.62. The monoisotopic (exact) mass is 272 g/mol. The molecule has 1 aliphatic carbocycles. The van der Waals surface area contributed by atoms with Gasteiger partial charge in [-0.3, -0.25) is 5.32 Å². The van der Waals surface area contributed by atoms with Gasteiger partial charge in [-0.1, -0.05) is 24.1 Å². The first-order valence-electron chi connectivity index (χ1n) is 6.85. The molecule has 0 spiro atoms. The lowest BCUT2D eigenvalue weighted by Crippen LogP contribution is -2.25. The number of amides is 1. The van der Waals surface area contributed by atoms with Crippen molar-refractivity contribution in [2.24, 2.45) is 0 Å². The molecule has 0 radical (unpaired) electrons. The maximum absolute atomic E-state index is 11.0. The normalized spacial score (nSPS) is 16.3. The first-order valence-corrected chi connectivity index (χ1v) is 6.85. The SMILES string of the molecule is C#CCN[C@@H]1CCc2ccc(CCNC(=O)OC)cc21. The van der Waals surface area contributed by atoms with Crippen LogP contribution >= 0.6 is 0 Å². The van der Waals surface area contributed by atoms with Gasteiger partial charge in [0.25, 0.3) is 0 Å². The van der Waals surface area contributed by atoms with Gasteiger partial charge in [-0.15, -0.1) is 6.42 Å². The molecule has 0 saturated heterocycles. The molecule has 2 rings (SSSR count). The predicted octanol–water partition coefficient (Wildman–Crippen LogP) is 1.80. The van der Waals surface area contributed by atoms with Gasteiger partial charge in [0.15, 0.2) is 0 Å². The highest BCUT2D eigenvalue weighted by Gasteiger charge is 2.21. The third kappa shape index (κ3) is 3.52. The second kappa shape index (κ2) is 6.97. The molecule has 0 bridgehead atoms. The minimum atomic E-state index is -0.389. The molecule has 2 N–H and O–H groups in total. The van der Waals surface area contributed by atoms with E-state index in [1.165, 1.54) is 23.8 Å². The summed E-state index contributed by atoms with van der Waals surface area (Å²) < 4.78 is 4.54. The topological polar surface area (TPSA) is 50.4 Å². The van der Waals surface area contributed by atoms with Gasteiger partial charge in [0.2, 0.25) is 0 Å². The third-order valence-electron chi connectivity index (χ3n) is 3.61. The van der Waals surface area contributed by atoms with Crippen LogP contribution < -0.4 is 10.6 Å². The van der Waals surface area contributed by atoms with Crippen LogP contribution in [0.5, 0.6) is 0 Å². The first kappa shape index (κ1) is 14.4. The lowest BCUT2D eigenvalue weighted by molar-refractivity contribution is 0.171. The molecule has 1 amide bonds. The van der Waals surface area contributed by atoms with E-state index in [-0.39, 0.29) is 6.09 Å². The minimum Gasteiger partial charge on any atom is -0.453 e. The van der Waals surface area contributed by atoms with Gasteiger partial charge < -0.3 is 10.1 Å². The zero-order chi connectivity index (χ0) is 14.4. The van der Waals surface area contributed by atoms with Crippen LogP contribution in [0.4, 0.5) is 4.79 Å². The van der Waals surface area contributed by atoms with Crippen molar-refractivity contribution in [2.45, 2.75) is 25.3 Å². The Hall–Kier alpha value is -1.99. The number of nitrogens with one attached hydrogen (secondary N) is 2. The largest absolute Gasteiger partial charge is 0.453 e. The van der Waals surface area contributed by atoms with Crippen molar-refractivity contribution in [1.29, 1.82) is 0 Å². The number of carbonyl (C=O) groups is 1. The number of ether oxygens (including phenoxy) is 1. The second-order valence-electron chi connectivity index (χ2n) is 4.88. The molecule has 20 heavy (non-hydrogen) atoms. The number of carbonyl (C=O) groups excluding carboxylic acids is 1. The minimum absolute atomic E-state index is 0.356. The fraction of sp³-hybridized carbons (Fsp3) is 0.438. The Balaban J connectivity index is 1.96. The molecule has 0 fully saturated rings. The summed E-state index contributed by atoms with van der Waals surface area (Å²) in [6, 6.07) is 6.88. The summed E-state index contributed by atoms with van der Waals surface area (Å²) in [6.45, 7) is 1.17. The van der Waals surface area contributed by atoms with Gasteiger partial charge in [0.05, 0.1) is 13.7 Å². The van der Waals surface area contributed by atoms with Gasteiger partial charge in [-0.05, 0) is 36.0 Å². The average Bonchev–Trinajstić information content (AvgIpc) is 2.87. The Bertz CT molecular complexity index is 520. The molecule has 1 aliphatic rings. The summed E-state index contributed by atoms with van der Waals surface area (Å²) in [4.78, 5) is 11.0. The van der Waals surface area contributed by atoms with Crippen molar-refractivity contribution < 1.29 is 9.53 Å². The lowest BCUT2D eigenvalue weighted by atomic mass is 10.0. The van der Waals surface area contributed by atoms with Crippen molar-refractivity contribution in [3.05, 3.63) is 34.9 Å². The molecule has 0 aromatic heterocycles. The van der Waals surface area contributed by atoms with Crippen LogP contribution in [0, 0.1) is 12.3 Å². The highest BCUT2D eigenvalue weighted by atomic mass is 16.5. The van der Waals surface area contributed by atoms with Gasteiger partial charge in [0, 0.05) is 12.6 Å². The summed E-state index contributed by atoms with van der Waals surface area (Å²) in [6.07, 6.45) is 7.90. The van der Waals surface area contributed by atoms with Crippen LogP contribution in [-0.2, 0) is 17.6 Å². The van der Waals surface area contributed by atoms with Gasteiger partial charge in [-0.25, -0.2) is 4.79 Å². The Morgan fingerprint density at radius 3 is 3.15 bits per heavy atom. The quantitative estimate of drug-likeness (QED) is 0.804. The van der Waals surface area contributed by atoms with Crippen molar-refractivity contribution >= 4 is 6.09 Å². The zero-order valence-electron chi connectivity index (χ0n) is 11.7. The number of benzene rings is 1. The van der Waals surface area contributed by atoms with Gasteiger partial charge in [0.1, 0.15) is 0 Å². The van der Waals surface area contributed by atoms with E-state index in [2.05, 4.69) is 39.5 Å². The zero-order valence-corrected chi connectivity index (χ0v) is 11.7. The van der Waals surface area contributed by atoms with Crippen molar-refractivity contribution in [3.8, 4) is 12.3 Å². The number of hydrogen-bond donors (Lipinski definition) is 2. The molecule has 106 valence electrons. The van der Waals surface area contributed by atoms with Gasteiger partial charge >= 0.3 is 6.09 Å². The maximum atomic E-state index is 11.0. The number of rotatable bonds is 5. The van der Waals surface area contributed by atoms with E-state index in [4.69, 9.17) is 6.42 Å². The van der Waals surface area contributed by atoms with Crippen molar-refractivity contribution in [1.82, 2.24) is 10.6 Å². The average molecular weight is 272 g/mol. The molecule has 1 atom stereocenters. The van der Waals surface area contributed by atoms with Crippen molar-refractivity contribution in [2.75, 3.05) is 20.2 Å². The van der Waals surface area contributed by atoms with Crippen LogP contribution in [-0.4, -0.2) is 26.3 Å². The maximum Gasteiger partial charge on any atom is 0.406 e. The Kier molecular flexibility index (Phi) is 5.03. The smallest absolute Gasteiger partial charge is 0.406 e. The summed E-state index contributed by atoms with van der Waals surface area (Å²) in [7, 11) is 1.37. The van der Waals surface area contributed by atoms with E-state index in [0.717, 1.165) is 19.3 Å². The van der Waals surface area contributed by atoms with E-state index in [9.17, 15) is 4.79 Å². The highest BCUT2D eigenvalue weighted by Crippen LogP contribution is 2.31. The fourth-order valence-electron chi connectivity index (χ4n) is 2.58. The standard InChI is InChI=1S/C16H20N2O2/c1-3-9-17-15-7-6-13-5-4-12(11-14(13)15)8-10-18-16(19)20-2/h1,4-5,11,15,17H,6-10H2,2H3,(H,18,19)/t15-/m1/s1.